The van der Waals surface area contributed by atoms with Gasteiger partial charge in [0.25, 0.3) is 0 Å². The maximum atomic E-state index is 12.3. The topological polar surface area (TPSA) is 55.1 Å². The van der Waals surface area contributed by atoms with E-state index in [1.165, 1.54) is 6.08 Å². The second-order valence-corrected chi connectivity index (χ2v) is 6.09. The lowest BCUT2D eigenvalue weighted by Gasteiger charge is -2.17. The van der Waals surface area contributed by atoms with Crippen LogP contribution in [0.1, 0.15) is 30.3 Å². The predicted molar refractivity (Wildman–Crippen MR) is 93.1 cm³/mol. The summed E-state index contributed by atoms with van der Waals surface area (Å²) in [4.78, 5) is 16.6. The Bertz CT molecular complexity index is 846. The summed E-state index contributed by atoms with van der Waals surface area (Å²) in [5, 5.41) is 3.10. The van der Waals surface area contributed by atoms with Crippen LogP contribution in [0.2, 0.25) is 0 Å². The van der Waals surface area contributed by atoms with E-state index in [0.29, 0.717) is 11.8 Å². The molecule has 1 atom stereocenters. The molecule has 4 heteroatoms. The molecule has 1 saturated carbocycles. The smallest absolute Gasteiger partial charge is 0.244 e. The highest BCUT2D eigenvalue weighted by atomic mass is 16.3. The summed E-state index contributed by atoms with van der Waals surface area (Å²) in [7, 11) is 0. The number of nitrogens with one attached hydrogen (secondary N) is 1. The molecule has 4 nitrogen and oxygen atoms in total. The average Bonchev–Trinajstić information content (AvgIpc) is 3.37. The Hall–Kier alpha value is -2.88. The van der Waals surface area contributed by atoms with Gasteiger partial charge in [-0.2, -0.15) is 0 Å². The molecule has 120 valence electrons. The first-order chi connectivity index (χ1) is 11.8. The number of benzene rings is 2. The molecule has 0 aliphatic heterocycles. The number of carbonyl (C=O) groups excluding carboxylic acids is 1. The van der Waals surface area contributed by atoms with Crippen LogP contribution in [-0.2, 0) is 4.79 Å². The van der Waals surface area contributed by atoms with E-state index in [2.05, 4.69) is 22.4 Å². The van der Waals surface area contributed by atoms with E-state index in [0.717, 1.165) is 29.5 Å². The Balaban J connectivity index is 1.47. The van der Waals surface area contributed by atoms with E-state index in [1.807, 2.05) is 42.5 Å². The van der Waals surface area contributed by atoms with Crippen LogP contribution < -0.4 is 5.32 Å². The van der Waals surface area contributed by atoms with Crippen LogP contribution in [0.3, 0.4) is 0 Å². The van der Waals surface area contributed by atoms with E-state index < -0.39 is 0 Å². The Kier molecular flexibility index (Phi) is 3.87. The zero-order chi connectivity index (χ0) is 16.4. The van der Waals surface area contributed by atoms with Crippen LogP contribution in [0.4, 0.5) is 0 Å². The largest absolute Gasteiger partial charge is 0.437 e. The lowest BCUT2D eigenvalue weighted by Crippen LogP contribution is -2.28. The van der Waals surface area contributed by atoms with Gasteiger partial charge in [-0.15, -0.1) is 0 Å². The minimum Gasteiger partial charge on any atom is -0.437 e. The fourth-order valence-electron chi connectivity index (χ4n) is 2.87. The predicted octanol–water partition coefficient (Wildman–Crippen LogP) is 4.11. The quantitative estimate of drug-likeness (QED) is 0.720. The summed E-state index contributed by atoms with van der Waals surface area (Å²) >= 11 is 0. The van der Waals surface area contributed by atoms with Gasteiger partial charge in [-0.05, 0) is 36.5 Å². The van der Waals surface area contributed by atoms with Crippen molar-refractivity contribution in [3.8, 4) is 0 Å². The minimum absolute atomic E-state index is 0.0759. The third-order valence-corrected chi connectivity index (χ3v) is 4.24. The van der Waals surface area contributed by atoms with Gasteiger partial charge in [-0.25, -0.2) is 4.98 Å². The van der Waals surface area contributed by atoms with Crippen molar-refractivity contribution >= 4 is 23.1 Å². The molecular weight excluding hydrogens is 300 g/mol. The van der Waals surface area contributed by atoms with Gasteiger partial charge in [-0.1, -0.05) is 42.5 Å². The van der Waals surface area contributed by atoms with Gasteiger partial charge >= 0.3 is 0 Å². The molecule has 3 aromatic rings. The first-order valence-electron chi connectivity index (χ1n) is 8.19. The van der Waals surface area contributed by atoms with Crippen LogP contribution >= 0.6 is 0 Å². The molecule has 1 amide bonds. The summed E-state index contributed by atoms with van der Waals surface area (Å²) in [6, 6.07) is 17.7. The molecule has 1 heterocycles. The molecule has 0 bridgehead atoms. The van der Waals surface area contributed by atoms with Gasteiger partial charge in [0.15, 0.2) is 5.58 Å². The van der Waals surface area contributed by atoms with Crippen molar-refractivity contribution in [1.82, 2.24) is 10.3 Å². The van der Waals surface area contributed by atoms with Gasteiger partial charge in [0.05, 0.1) is 6.04 Å². The number of amides is 1. The molecule has 2 aromatic carbocycles. The second kappa shape index (κ2) is 6.32. The highest BCUT2D eigenvalue weighted by Crippen LogP contribution is 2.40. The Morgan fingerprint density at radius 2 is 1.88 bits per heavy atom. The van der Waals surface area contributed by atoms with Crippen LogP contribution in [0, 0.1) is 5.92 Å². The Morgan fingerprint density at radius 1 is 1.12 bits per heavy atom. The van der Waals surface area contributed by atoms with Crippen LogP contribution in [0.5, 0.6) is 0 Å². The first kappa shape index (κ1) is 14.7. The third kappa shape index (κ3) is 3.23. The molecule has 4 rings (SSSR count). The van der Waals surface area contributed by atoms with E-state index >= 15 is 0 Å². The summed E-state index contributed by atoms with van der Waals surface area (Å²) in [5.74, 6) is 0.848. The molecule has 0 spiro atoms. The third-order valence-electron chi connectivity index (χ3n) is 4.24. The monoisotopic (exact) mass is 318 g/mol. The van der Waals surface area contributed by atoms with Crippen molar-refractivity contribution in [2.45, 2.75) is 18.9 Å². The minimum atomic E-state index is -0.127. The van der Waals surface area contributed by atoms with E-state index in [-0.39, 0.29) is 11.9 Å². The van der Waals surface area contributed by atoms with E-state index in [9.17, 15) is 4.79 Å². The van der Waals surface area contributed by atoms with E-state index in [1.54, 1.807) is 6.08 Å². The number of rotatable bonds is 5. The van der Waals surface area contributed by atoms with Crippen molar-refractivity contribution in [2.24, 2.45) is 5.92 Å². The SMILES string of the molecule is O=C(/C=C/c1nc2ccccc2o1)NC(c1ccccc1)C1CC1. The van der Waals surface area contributed by atoms with Gasteiger partial charge in [0.1, 0.15) is 5.52 Å². The fourth-order valence-corrected chi connectivity index (χ4v) is 2.87. The molecular formula is C20H18N2O2. The summed E-state index contributed by atoms with van der Waals surface area (Å²) in [5.41, 5.74) is 2.67. The van der Waals surface area contributed by atoms with Gasteiger partial charge < -0.3 is 9.73 Å². The van der Waals surface area contributed by atoms with Gasteiger partial charge in [0.2, 0.25) is 11.8 Å². The van der Waals surface area contributed by atoms with Crippen molar-refractivity contribution in [1.29, 1.82) is 0 Å². The standard InChI is InChI=1S/C20H18N2O2/c23-18(12-13-19-21-16-8-4-5-9-17(16)24-19)22-20(15-10-11-15)14-6-2-1-3-7-14/h1-9,12-13,15,20H,10-11H2,(H,22,23)/b13-12+. The second-order valence-electron chi connectivity index (χ2n) is 6.09. The van der Waals surface area contributed by atoms with Crippen molar-refractivity contribution in [2.75, 3.05) is 0 Å². The molecule has 0 radical (unpaired) electrons. The zero-order valence-electron chi connectivity index (χ0n) is 13.2. The van der Waals surface area contributed by atoms with Crippen molar-refractivity contribution < 1.29 is 9.21 Å². The first-order valence-corrected chi connectivity index (χ1v) is 8.19. The maximum absolute atomic E-state index is 12.3. The molecule has 1 aromatic heterocycles. The van der Waals surface area contributed by atoms with E-state index in [4.69, 9.17) is 4.42 Å². The molecule has 1 fully saturated rings. The number of oxazole rings is 1. The number of nitrogens with zero attached hydrogens (tertiary/aromatic N) is 1. The average molecular weight is 318 g/mol. The van der Waals surface area contributed by atoms with Gasteiger partial charge in [0, 0.05) is 12.2 Å². The van der Waals surface area contributed by atoms with Crippen molar-refractivity contribution in [3.05, 3.63) is 72.1 Å². The molecule has 24 heavy (non-hydrogen) atoms. The molecule has 0 saturated heterocycles. The summed E-state index contributed by atoms with van der Waals surface area (Å²) < 4.78 is 5.59. The summed E-state index contributed by atoms with van der Waals surface area (Å²) in [6.45, 7) is 0. The Labute approximate surface area is 140 Å². The lowest BCUT2D eigenvalue weighted by molar-refractivity contribution is -0.117. The highest BCUT2D eigenvalue weighted by molar-refractivity contribution is 5.91. The number of aromatic nitrogens is 1. The number of para-hydroxylation sites is 2. The molecule has 1 unspecified atom stereocenters. The van der Waals surface area contributed by atoms with Crippen LogP contribution in [0.15, 0.2) is 65.1 Å². The Morgan fingerprint density at radius 3 is 2.62 bits per heavy atom. The number of fused-ring (bicyclic) bond motifs is 1. The highest BCUT2D eigenvalue weighted by Gasteiger charge is 2.32. The zero-order valence-corrected chi connectivity index (χ0v) is 13.2. The van der Waals surface area contributed by atoms with Crippen molar-refractivity contribution in [3.63, 3.8) is 0 Å². The molecule has 1 aliphatic carbocycles. The normalized spacial score (nSPS) is 15.7. The number of hydrogen-bond donors (Lipinski definition) is 1. The number of hydrogen-bond acceptors (Lipinski definition) is 3. The van der Waals surface area contributed by atoms with Crippen LogP contribution in [0.25, 0.3) is 17.2 Å². The lowest BCUT2D eigenvalue weighted by atomic mass is 10.0. The van der Waals surface area contributed by atoms with Crippen LogP contribution in [-0.4, -0.2) is 10.9 Å². The molecule has 1 N–H and O–H groups in total. The summed E-state index contributed by atoms with van der Waals surface area (Å²) in [6.07, 6.45) is 5.43. The molecule has 1 aliphatic rings. The maximum Gasteiger partial charge on any atom is 0.244 e. The number of carbonyl (C=O) groups is 1. The fraction of sp³-hybridized carbons (Fsp3) is 0.200. The van der Waals surface area contributed by atoms with Gasteiger partial charge in [-0.3, -0.25) is 4.79 Å².